The number of rotatable bonds is 3. The van der Waals surface area contributed by atoms with Crippen LogP contribution in [0.25, 0.3) is 17.0 Å². The number of aldehydes is 1. The molecular weight excluding hydrogens is 242 g/mol. The molecule has 0 aliphatic carbocycles. The van der Waals surface area contributed by atoms with Crippen molar-refractivity contribution in [1.29, 1.82) is 0 Å². The molecule has 0 radical (unpaired) electrons. The van der Waals surface area contributed by atoms with E-state index in [1.165, 1.54) is 0 Å². The first-order valence-corrected chi connectivity index (χ1v) is 5.76. The van der Waals surface area contributed by atoms with E-state index in [9.17, 15) is 4.79 Å². The lowest BCUT2D eigenvalue weighted by Crippen LogP contribution is -1.91. The Kier molecular flexibility index (Phi) is 2.72. The summed E-state index contributed by atoms with van der Waals surface area (Å²) in [6, 6.07) is 9.33. The van der Waals surface area contributed by atoms with Crippen LogP contribution in [0, 0.1) is 0 Å². The van der Waals surface area contributed by atoms with Crippen LogP contribution in [-0.4, -0.2) is 27.8 Å². The van der Waals surface area contributed by atoms with Crippen molar-refractivity contribution in [3.8, 4) is 17.1 Å². The monoisotopic (exact) mass is 253 g/mol. The summed E-state index contributed by atoms with van der Waals surface area (Å²) in [5.41, 5.74) is 1.75. The number of hydrogen-bond acceptors (Lipinski definition) is 4. The van der Waals surface area contributed by atoms with E-state index in [1.807, 2.05) is 30.5 Å². The number of carbonyl (C=O) groups excluding carboxylic acids is 1. The number of ether oxygens (including phenoxy) is 1. The highest BCUT2D eigenvalue weighted by atomic mass is 16.5. The molecular formula is C14H11N3O2. The molecule has 0 aliphatic heterocycles. The molecule has 5 nitrogen and oxygen atoms in total. The number of nitrogens with zero attached hydrogens (tertiary/aromatic N) is 3. The van der Waals surface area contributed by atoms with E-state index in [0.29, 0.717) is 23.5 Å². The van der Waals surface area contributed by atoms with Gasteiger partial charge in [-0.15, -0.1) is 0 Å². The topological polar surface area (TPSA) is 56.5 Å². The van der Waals surface area contributed by atoms with Gasteiger partial charge in [0.1, 0.15) is 17.3 Å². The van der Waals surface area contributed by atoms with Crippen molar-refractivity contribution in [3.63, 3.8) is 0 Å². The molecule has 0 N–H and O–H groups in total. The predicted molar refractivity (Wildman–Crippen MR) is 70.4 cm³/mol. The van der Waals surface area contributed by atoms with Crippen LogP contribution < -0.4 is 4.74 Å². The number of hydrogen-bond donors (Lipinski definition) is 0. The minimum atomic E-state index is 0.332. The lowest BCUT2D eigenvalue weighted by Gasteiger charge is -2.03. The molecule has 1 aromatic carbocycles. The zero-order valence-corrected chi connectivity index (χ0v) is 10.3. The molecule has 0 fully saturated rings. The fourth-order valence-electron chi connectivity index (χ4n) is 1.99. The Morgan fingerprint density at radius 3 is 3.00 bits per heavy atom. The average molecular weight is 253 g/mol. The minimum Gasteiger partial charge on any atom is -0.497 e. The lowest BCUT2D eigenvalue weighted by atomic mass is 10.2. The van der Waals surface area contributed by atoms with Crippen molar-refractivity contribution >= 4 is 11.9 Å². The molecule has 0 saturated heterocycles. The molecule has 0 spiro atoms. The summed E-state index contributed by atoms with van der Waals surface area (Å²) in [6.45, 7) is 0. The third-order valence-corrected chi connectivity index (χ3v) is 2.87. The van der Waals surface area contributed by atoms with Gasteiger partial charge >= 0.3 is 0 Å². The number of imidazole rings is 1. The maximum absolute atomic E-state index is 11.0. The highest BCUT2D eigenvalue weighted by Gasteiger charge is 2.13. The summed E-state index contributed by atoms with van der Waals surface area (Å²) >= 11 is 0. The van der Waals surface area contributed by atoms with Crippen molar-refractivity contribution in [3.05, 3.63) is 48.4 Å². The molecule has 19 heavy (non-hydrogen) atoms. The zero-order valence-electron chi connectivity index (χ0n) is 10.3. The summed E-state index contributed by atoms with van der Waals surface area (Å²) in [5.74, 6) is 1.41. The lowest BCUT2D eigenvalue weighted by molar-refractivity contribution is 0.112. The third kappa shape index (κ3) is 1.85. The van der Waals surface area contributed by atoms with Gasteiger partial charge < -0.3 is 4.74 Å². The van der Waals surface area contributed by atoms with Gasteiger partial charge in [0, 0.05) is 18.0 Å². The summed E-state index contributed by atoms with van der Waals surface area (Å²) in [6.07, 6.45) is 4.18. The number of fused-ring (bicyclic) bond motifs is 1. The second kappa shape index (κ2) is 4.53. The molecule has 3 rings (SSSR count). The normalized spacial score (nSPS) is 10.6. The van der Waals surface area contributed by atoms with Crippen LogP contribution in [0.5, 0.6) is 5.75 Å². The van der Waals surface area contributed by atoms with Crippen molar-refractivity contribution in [2.75, 3.05) is 7.11 Å². The fourth-order valence-corrected chi connectivity index (χ4v) is 1.99. The Hall–Kier alpha value is -2.69. The van der Waals surface area contributed by atoms with E-state index in [2.05, 4.69) is 9.97 Å². The first-order valence-electron chi connectivity index (χ1n) is 5.76. The second-order valence-corrected chi connectivity index (χ2v) is 3.98. The molecule has 94 valence electrons. The van der Waals surface area contributed by atoms with E-state index in [4.69, 9.17) is 4.74 Å². The largest absolute Gasteiger partial charge is 0.497 e. The van der Waals surface area contributed by atoms with Gasteiger partial charge in [-0.25, -0.2) is 9.97 Å². The second-order valence-electron chi connectivity index (χ2n) is 3.98. The van der Waals surface area contributed by atoms with Crippen molar-refractivity contribution < 1.29 is 9.53 Å². The Morgan fingerprint density at radius 2 is 2.21 bits per heavy atom. The molecule has 0 atom stereocenters. The van der Waals surface area contributed by atoms with Crippen LogP contribution in [0.15, 0.2) is 42.7 Å². The van der Waals surface area contributed by atoms with Crippen molar-refractivity contribution in [2.24, 2.45) is 0 Å². The van der Waals surface area contributed by atoms with Gasteiger partial charge in [-0.05, 0) is 18.2 Å². The van der Waals surface area contributed by atoms with Gasteiger partial charge in [0.2, 0.25) is 0 Å². The molecule has 0 aliphatic rings. The number of carbonyl (C=O) groups is 1. The van der Waals surface area contributed by atoms with Crippen LogP contribution in [0.1, 0.15) is 10.5 Å². The molecule has 0 bridgehead atoms. The smallest absolute Gasteiger partial charge is 0.172 e. The van der Waals surface area contributed by atoms with E-state index in [1.54, 1.807) is 23.8 Å². The van der Waals surface area contributed by atoms with Gasteiger partial charge in [0.15, 0.2) is 11.9 Å². The predicted octanol–water partition coefficient (Wildman–Crippen LogP) is 2.22. The van der Waals surface area contributed by atoms with Gasteiger partial charge in [0.25, 0.3) is 0 Å². The van der Waals surface area contributed by atoms with E-state index < -0.39 is 0 Å². The van der Waals surface area contributed by atoms with Crippen LogP contribution in [0.4, 0.5) is 0 Å². The van der Waals surface area contributed by atoms with E-state index in [-0.39, 0.29) is 0 Å². The summed E-state index contributed by atoms with van der Waals surface area (Å²) in [4.78, 5) is 19.6. The van der Waals surface area contributed by atoms with Crippen molar-refractivity contribution in [2.45, 2.75) is 0 Å². The van der Waals surface area contributed by atoms with Crippen LogP contribution in [0.3, 0.4) is 0 Å². The molecule has 2 heterocycles. The van der Waals surface area contributed by atoms with Gasteiger partial charge in [-0.1, -0.05) is 12.1 Å². The molecule has 2 aromatic heterocycles. The number of aromatic nitrogens is 3. The summed E-state index contributed by atoms with van der Waals surface area (Å²) < 4.78 is 6.99. The maximum atomic E-state index is 11.0. The number of methoxy groups -OCH3 is 1. The third-order valence-electron chi connectivity index (χ3n) is 2.87. The highest BCUT2D eigenvalue weighted by Crippen LogP contribution is 2.24. The molecule has 3 aromatic rings. The van der Waals surface area contributed by atoms with Gasteiger partial charge in [-0.3, -0.25) is 9.20 Å². The maximum Gasteiger partial charge on any atom is 0.172 e. The van der Waals surface area contributed by atoms with Crippen LogP contribution >= 0.6 is 0 Å². The quantitative estimate of drug-likeness (QED) is 0.671. The number of benzene rings is 1. The summed E-state index contributed by atoms with van der Waals surface area (Å²) in [7, 11) is 1.61. The molecule has 0 unspecified atom stereocenters. The Balaban J connectivity index is 2.27. The zero-order chi connectivity index (χ0) is 13.2. The Morgan fingerprint density at radius 1 is 1.32 bits per heavy atom. The highest BCUT2D eigenvalue weighted by molar-refractivity contribution is 5.84. The van der Waals surface area contributed by atoms with E-state index in [0.717, 1.165) is 11.3 Å². The molecule has 0 saturated carbocycles. The van der Waals surface area contributed by atoms with E-state index >= 15 is 0 Å². The SMILES string of the molecule is COc1cccc(-c2nc(C=O)c3ncccn23)c1. The summed E-state index contributed by atoms with van der Waals surface area (Å²) in [5, 5.41) is 0. The minimum absolute atomic E-state index is 0.332. The van der Waals surface area contributed by atoms with Gasteiger partial charge in [-0.2, -0.15) is 0 Å². The Labute approximate surface area is 109 Å². The first kappa shape index (κ1) is 11.4. The Bertz CT molecular complexity index is 749. The van der Waals surface area contributed by atoms with Crippen LogP contribution in [-0.2, 0) is 0 Å². The standard InChI is InChI=1S/C14H11N3O2/c1-19-11-5-2-4-10(8-11)13-16-12(9-18)14-15-6-3-7-17(13)14/h2-9H,1H3. The van der Waals surface area contributed by atoms with Crippen LogP contribution in [0.2, 0.25) is 0 Å². The van der Waals surface area contributed by atoms with Gasteiger partial charge in [0.05, 0.1) is 7.11 Å². The molecule has 5 heteroatoms. The van der Waals surface area contributed by atoms with Crippen molar-refractivity contribution in [1.82, 2.24) is 14.4 Å². The molecule has 0 amide bonds. The average Bonchev–Trinajstić information content (AvgIpc) is 2.86. The first-order chi connectivity index (χ1) is 9.33. The fraction of sp³-hybridized carbons (Fsp3) is 0.0714.